The number of carbonyl (C=O) groups is 2. The molecule has 3 aromatic carbocycles. The van der Waals surface area contributed by atoms with Crippen molar-refractivity contribution in [2.75, 3.05) is 13.2 Å². The molecule has 6 nitrogen and oxygen atoms in total. The molecule has 0 N–H and O–H groups in total. The van der Waals surface area contributed by atoms with E-state index >= 15 is 0 Å². The number of benzene rings is 3. The zero-order valence-electron chi connectivity index (χ0n) is 23.6. The number of rotatable bonds is 12. The Morgan fingerprint density at radius 3 is 1.48 bits per heavy atom. The van der Waals surface area contributed by atoms with Crippen molar-refractivity contribution in [2.24, 2.45) is 23.7 Å². The van der Waals surface area contributed by atoms with Gasteiger partial charge in [-0.05, 0) is 71.2 Å². The first-order valence-electron chi connectivity index (χ1n) is 13.7. The van der Waals surface area contributed by atoms with Crippen LogP contribution >= 0.6 is 0 Å². The quantitative estimate of drug-likeness (QED) is 0.220. The van der Waals surface area contributed by atoms with Gasteiger partial charge >= 0.3 is 11.9 Å². The zero-order chi connectivity index (χ0) is 29.1. The van der Waals surface area contributed by atoms with Gasteiger partial charge < -0.3 is 9.47 Å². The van der Waals surface area contributed by atoms with Gasteiger partial charge in [-0.3, -0.25) is 0 Å². The second-order valence-corrected chi connectivity index (χ2v) is 10.7. The summed E-state index contributed by atoms with van der Waals surface area (Å²) < 4.78 is 10.7. The Bertz CT molecular complexity index is 1350. The molecule has 2 unspecified atom stereocenters. The number of hydrogen-bond donors (Lipinski definition) is 0. The van der Waals surface area contributed by atoms with E-state index in [1.807, 2.05) is 76.2 Å². The highest BCUT2D eigenvalue weighted by Crippen LogP contribution is 2.26. The molecule has 0 aromatic heterocycles. The van der Waals surface area contributed by atoms with Crippen LogP contribution in [0.5, 0.6) is 0 Å². The van der Waals surface area contributed by atoms with Crippen molar-refractivity contribution in [3.05, 3.63) is 83.9 Å². The molecule has 6 heteroatoms. The molecule has 0 saturated heterocycles. The number of carbonyl (C=O) groups excluding carboxylic acids is 2. The Morgan fingerprint density at radius 2 is 1.10 bits per heavy atom. The van der Waals surface area contributed by atoms with Crippen LogP contribution in [0, 0.1) is 46.3 Å². The minimum atomic E-state index is -0.430. The Balaban J connectivity index is 1.57. The monoisotopic (exact) mass is 536 g/mol. The summed E-state index contributed by atoms with van der Waals surface area (Å²) in [6.45, 7) is 8.36. The average molecular weight is 537 g/mol. The van der Waals surface area contributed by atoms with Crippen molar-refractivity contribution < 1.29 is 19.1 Å². The molecule has 2 atom stereocenters. The molecular formula is C34H36N2O4. The van der Waals surface area contributed by atoms with Gasteiger partial charge in [-0.15, -0.1) is 0 Å². The van der Waals surface area contributed by atoms with E-state index in [0.29, 0.717) is 29.9 Å². The van der Waals surface area contributed by atoms with E-state index in [2.05, 4.69) is 12.1 Å². The van der Waals surface area contributed by atoms with E-state index in [4.69, 9.17) is 9.47 Å². The summed E-state index contributed by atoms with van der Waals surface area (Å²) in [5.41, 5.74) is 4.87. The van der Waals surface area contributed by atoms with Gasteiger partial charge in [0.2, 0.25) is 0 Å². The molecule has 3 aromatic rings. The summed E-state index contributed by atoms with van der Waals surface area (Å²) in [6.07, 6.45) is 1.22. The van der Waals surface area contributed by atoms with E-state index in [1.165, 1.54) is 0 Å². The third-order valence-corrected chi connectivity index (χ3v) is 6.78. The Hall–Kier alpha value is -4.42. The van der Waals surface area contributed by atoms with Crippen molar-refractivity contribution >= 4 is 11.9 Å². The molecule has 0 saturated carbocycles. The first-order chi connectivity index (χ1) is 19.2. The SMILES string of the molecule is CC(C)CC(C#N)COC(=O)c1ccc(-c2ccc(-c3ccc(C(=O)OCCC(C#N)C(C)C)cc3)cc2)cc1. The maximum absolute atomic E-state index is 12.4. The van der Waals surface area contributed by atoms with Crippen molar-refractivity contribution in [1.82, 2.24) is 0 Å². The van der Waals surface area contributed by atoms with E-state index in [0.717, 1.165) is 22.3 Å². The molecule has 40 heavy (non-hydrogen) atoms. The molecular weight excluding hydrogens is 500 g/mol. The van der Waals surface area contributed by atoms with Crippen LogP contribution in [0.25, 0.3) is 22.3 Å². The summed E-state index contributed by atoms with van der Waals surface area (Å²) in [7, 11) is 0. The van der Waals surface area contributed by atoms with Gasteiger partial charge in [-0.25, -0.2) is 9.59 Å². The molecule has 0 heterocycles. The molecule has 0 amide bonds. The number of nitriles is 2. The fourth-order valence-electron chi connectivity index (χ4n) is 4.35. The average Bonchev–Trinajstić information content (AvgIpc) is 2.97. The van der Waals surface area contributed by atoms with Gasteiger partial charge in [-0.1, -0.05) is 76.2 Å². The number of nitrogens with zero attached hydrogens (tertiary/aromatic N) is 2. The van der Waals surface area contributed by atoms with Crippen LogP contribution < -0.4 is 0 Å². The number of hydrogen-bond acceptors (Lipinski definition) is 6. The first kappa shape index (κ1) is 30.1. The topological polar surface area (TPSA) is 100 Å². The third kappa shape index (κ3) is 8.55. The highest BCUT2D eigenvalue weighted by molar-refractivity contribution is 5.91. The van der Waals surface area contributed by atoms with Crippen molar-refractivity contribution in [2.45, 2.75) is 40.5 Å². The minimum Gasteiger partial charge on any atom is -0.462 e. The van der Waals surface area contributed by atoms with Crippen LogP contribution in [0.4, 0.5) is 0 Å². The van der Waals surface area contributed by atoms with Crippen molar-refractivity contribution in [3.8, 4) is 34.4 Å². The van der Waals surface area contributed by atoms with E-state index in [9.17, 15) is 20.1 Å². The molecule has 0 radical (unpaired) electrons. The van der Waals surface area contributed by atoms with Gasteiger partial charge in [0.25, 0.3) is 0 Å². The van der Waals surface area contributed by atoms with Gasteiger partial charge in [0, 0.05) is 0 Å². The van der Waals surface area contributed by atoms with Crippen LogP contribution in [0.1, 0.15) is 61.3 Å². The number of esters is 2. The summed E-state index contributed by atoms with van der Waals surface area (Å²) in [5.74, 6) is -0.669. The van der Waals surface area contributed by atoms with Gasteiger partial charge in [-0.2, -0.15) is 10.5 Å². The Kier molecular flexibility index (Phi) is 11.0. The molecule has 0 spiro atoms. The minimum absolute atomic E-state index is 0.0972. The van der Waals surface area contributed by atoms with Crippen molar-refractivity contribution in [3.63, 3.8) is 0 Å². The summed E-state index contributed by atoms with van der Waals surface area (Å²) in [6, 6.07) is 27.0. The van der Waals surface area contributed by atoms with Crippen LogP contribution in [-0.2, 0) is 9.47 Å². The van der Waals surface area contributed by atoms with Crippen molar-refractivity contribution in [1.29, 1.82) is 10.5 Å². The van der Waals surface area contributed by atoms with Gasteiger partial charge in [0.1, 0.15) is 6.61 Å². The molecule has 0 fully saturated rings. The highest BCUT2D eigenvalue weighted by Gasteiger charge is 2.16. The van der Waals surface area contributed by atoms with E-state index < -0.39 is 11.9 Å². The second kappa shape index (κ2) is 14.7. The Labute approximate surface area is 237 Å². The zero-order valence-corrected chi connectivity index (χ0v) is 23.6. The molecule has 0 aliphatic carbocycles. The highest BCUT2D eigenvalue weighted by atomic mass is 16.5. The van der Waals surface area contributed by atoms with Crippen LogP contribution in [0.15, 0.2) is 72.8 Å². The normalized spacial score (nSPS) is 12.3. The maximum Gasteiger partial charge on any atom is 0.338 e. The predicted molar refractivity (Wildman–Crippen MR) is 155 cm³/mol. The summed E-state index contributed by atoms with van der Waals surface area (Å²) in [5, 5.41) is 18.4. The van der Waals surface area contributed by atoms with E-state index in [1.54, 1.807) is 24.3 Å². The second-order valence-electron chi connectivity index (χ2n) is 10.7. The molecule has 0 bridgehead atoms. The Morgan fingerprint density at radius 1 is 0.675 bits per heavy atom. The first-order valence-corrected chi connectivity index (χ1v) is 13.7. The predicted octanol–water partition coefficient (Wildman–Crippen LogP) is 7.71. The van der Waals surface area contributed by atoms with Gasteiger partial charge in [0.15, 0.2) is 0 Å². The molecule has 0 aliphatic heterocycles. The lowest BCUT2D eigenvalue weighted by Crippen LogP contribution is -2.14. The van der Waals surface area contributed by atoms with E-state index in [-0.39, 0.29) is 31.0 Å². The summed E-state index contributed by atoms with van der Waals surface area (Å²) in [4.78, 5) is 24.8. The lowest BCUT2D eigenvalue weighted by atomic mass is 9.95. The fraction of sp³-hybridized carbons (Fsp3) is 0.353. The third-order valence-electron chi connectivity index (χ3n) is 6.78. The van der Waals surface area contributed by atoms with Gasteiger partial charge in [0.05, 0.1) is 41.7 Å². The lowest BCUT2D eigenvalue weighted by molar-refractivity contribution is 0.0455. The molecule has 206 valence electrons. The summed E-state index contributed by atoms with van der Waals surface area (Å²) >= 11 is 0. The standard InChI is InChI=1S/C34H36N2O4/c1-23(2)19-25(20-35)22-40-34(38)31-15-11-29(12-16-31)27-7-5-26(6-8-27)28-9-13-30(14-10-28)33(37)39-18-17-32(21-36)24(3)4/h5-16,23-25,32H,17-19,22H2,1-4H3. The smallest absolute Gasteiger partial charge is 0.338 e. The molecule has 0 aliphatic rings. The van der Waals surface area contributed by atoms with Crippen LogP contribution in [0.3, 0.4) is 0 Å². The number of ether oxygens (including phenoxy) is 2. The maximum atomic E-state index is 12.4. The fourth-order valence-corrected chi connectivity index (χ4v) is 4.35. The lowest BCUT2D eigenvalue weighted by Gasteiger charge is -2.13. The largest absolute Gasteiger partial charge is 0.462 e. The van der Waals surface area contributed by atoms with Crippen LogP contribution in [0.2, 0.25) is 0 Å². The van der Waals surface area contributed by atoms with Crippen LogP contribution in [-0.4, -0.2) is 25.2 Å². The molecule has 3 rings (SSSR count).